The van der Waals surface area contributed by atoms with Gasteiger partial charge in [-0.25, -0.2) is 0 Å². The Kier molecular flexibility index (Phi) is 4.11. The van der Waals surface area contributed by atoms with E-state index in [-0.39, 0.29) is 4.83 Å². The first-order valence-corrected chi connectivity index (χ1v) is 6.87. The molecule has 1 nitrogen and oxygen atoms in total. The highest BCUT2D eigenvalue weighted by atomic mass is 79.9. The zero-order chi connectivity index (χ0) is 11.5. The topological polar surface area (TPSA) is 13.1 Å². The standard InChI is InChI=1S/C12H9Br2ClO/c13-11(10-5-6-16-12(10)14)7-8-1-3-9(15)4-2-8/h1-6,11H,7H2. The third kappa shape index (κ3) is 2.90. The number of hydrogen-bond acceptors (Lipinski definition) is 1. The quantitative estimate of drug-likeness (QED) is 0.667. The van der Waals surface area contributed by atoms with E-state index in [9.17, 15) is 0 Å². The molecule has 1 aromatic heterocycles. The zero-order valence-corrected chi connectivity index (χ0v) is 12.2. The molecule has 0 bridgehead atoms. The normalized spacial score (nSPS) is 12.7. The van der Waals surface area contributed by atoms with Crippen LogP contribution in [0, 0.1) is 0 Å². The van der Waals surface area contributed by atoms with Crippen LogP contribution in [-0.2, 0) is 6.42 Å². The number of halogens is 3. The summed E-state index contributed by atoms with van der Waals surface area (Å²) in [7, 11) is 0. The van der Waals surface area contributed by atoms with E-state index in [4.69, 9.17) is 16.0 Å². The summed E-state index contributed by atoms with van der Waals surface area (Å²) < 4.78 is 5.99. The van der Waals surface area contributed by atoms with E-state index in [0.29, 0.717) is 0 Å². The molecule has 84 valence electrons. The van der Waals surface area contributed by atoms with E-state index in [1.165, 1.54) is 5.56 Å². The monoisotopic (exact) mass is 362 g/mol. The van der Waals surface area contributed by atoms with Crippen molar-refractivity contribution in [2.45, 2.75) is 11.2 Å². The third-order valence-corrected chi connectivity index (χ3v) is 4.03. The molecular formula is C12H9Br2ClO. The lowest BCUT2D eigenvalue weighted by molar-refractivity contribution is 0.536. The summed E-state index contributed by atoms with van der Waals surface area (Å²) in [6.45, 7) is 0. The van der Waals surface area contributed by atoms with Crippen LogP contribution >= 0.6 is 43.5 Å². The van der Waals surface area contributed by atoms with Gasteiger partial charge in [-0.05, 0) is 46.1 Å². The molecule has 16 heavy (non-hydrogen) atoms. The van der Waals surface area contributed by atoms with Crippen molar-refractivity contribution in [2.75, 3.05) is 0 Å². The van der Waals surface area contributed by atoms with Gasteiger partial charge in [-0.1, -0.05) is 39.7 Å². The van der Waals surface area contributed by atoms with E-state index in [2.05, 4.69) is 31.9 Å². The number of benzene rings is 1. The molecule has 0 amide bonds. The fourth-order valence-electron chi connectivity index (χ4n) is 1.47. The lowest BCUT2D eigenvalue weighted by Gasteiger charge is -2.08. The first kappa shape index (κ1) is 12.2. The van der Waals surface area contributed by atoms with Crippen LogP contribution in [0.25, 0.3) is 0 Å². The predicted molar refractivity (Wildman–Crippen MR) is 73.2 cm³/mol. The smallest absolute Gasteiger partial charge is 0.173 e. The van der Waals surface area contributed by atoms with Crippen molar-refractivity contribution in [3.63, 3.8) is 0 Å². The second kappa shape index (κ2) is 5.39. The molecule has 0 saturated carbocycles. The Balaban J connectivity index is 2.10. The van der Waals surface area contributed by atoms with Crippen molar-refractivity contribution in [3.05, 3.63) is 57.4 Å². The summed E-state index contributed by atoms with van der Waals surface area (Å²) in [4.78, 5) is 0.238. The molecule has 0 saturated heterocycles. The van der Waals surface area contributed by atoms with Gasteiger partial charge in [0.15, 0.2) is 4.67 Å². The highest BCUT2D eigenvalue weighted by molar-refractivity contribution is 9.10. The Bertz CT molecular complexity index is 464. The third-order valence-electron chi connectivity index (χ3n) is 2.31. The van der Waals surface area contributed by atoms with Crippen molar-refractivity contribution in [3.8, 4) is 0 Å². The van der Waals surface area contributed by atoms with Crippen molar-refractivity contribution < 1.29 is 4.42 Å². The Morgan fingerprint density at radius 2 is 1.88 bits per heavy atom. The Hall–Kier alpha value is -0.250. The van der Waals surface area contributed by atoms with Crippen LogP contribution in [0.1, 0.15) is 16.0 Å². The van der Waals surface area contributed by atoms with Gasteiger partial charge < -0.3 is 4.42 Å². The summed E-state index contributed by atoms with van der Waals surface area (Å²) in [5.41, 5.74) is 2.36. The summed E-state index contributed by atoms with van der Waals surface area (Å²) in [5, 5.41) is 0.763. The van der Waals surface area contributed by atoms with Gasteiger partial charge >= 0.3 is 0 Å². The molecule has 2 rings (SSSR count). The van der Waals surface area contributed by atoms with Crippen LogP contribution < -0.4 is 0 Å². The van der Waals surface area contributed by atoms with Crippen LogP contribution in [0.4, 0.5) is 0 Å². The van der Waals surface area contributed by atoms with E-state index in [1.54, 1.807) is 6.26 Å². The first-order chi connectivity index (χ1) is 7.66. The Morgan fingerprint density at radius 3 is 2.44 bits per heavy atom. The Morgan fingerprint density at radius 1 is 1.19 bits per heavy atom. The van der Waals surface area contributed by atoms with E-state index < -0.39 is 0 Å². The highest BCUT2D eigenvalue weighted by Crippen LogP contribution is 2.33. The molecule has 0 aliphatic rings. The average molecular weight is 364 g/mol. The molecule has 0 fully saturated rings. The van der Waals surface area contributed by atoms with Gasteiger partial charge in [-0.3, -0.25) is 0 Å². The highest BCUT2D eigenvalue weighted by Gasteiger charge is 2.13. The van der Waals surface area contributed by atoms with Crippen LogP contribution in [0.3, 0.4) is 0 Å². The van der Waals surface area contributed by atoms with Crippen molar-refractivity contribution in [2.24, 2.45) is 0 Å². The Labute approximate surface area is 116 Å². The lowest BCUT2D eigenvalue weighted by Crippen LogP contribution is -1.94. The molecule has 1 unspecified atom stereocenters. The maximum absolute atomic E-state index is 5.84. The minimum Gasteiger partial charge on any atom is -0.457 e. The summed E-state index contributed by atoms with van der Waals surface area (Å²) in [5.74, 6) is 0. The summed E-state index contributed by atoms with van der Waals surface area (Å²) in [6, 6.07) is 9.83. The van der Waals surface area contributed by atoms with Gasteiger partial charge in [0, 0.05) is 15.4 Å². The van der Waals surface area contributed by atoms with Crippen LogP contribution in [-0.4, -0.2) is 0 Å². The van der Waals surface area contributed by atoms with Crippen molar-refractivity contribution in [1.82, 2.24) is 0 Å². The number of hydrogen-bond donors (Lipinski definition) is 0. The maximum atomic E-state index is 5.84. The van der Waals surface area contributed by atoms with Crippen LogP contribution in [0.5, 0.6) is 0 Å². The second-order valence-electron chi connectivity index (χ2n) is 3.45. The van der Waals surface area contributed by atoms with Crippen molar-refractivity contribution in [1.29, 1.82) is 0 Å². The molecule has 0 radical (unpaired) electrons. The first-order valence-electron chi connectivity index (χ1n) is 4.78. The van der Waals surface area contributed by atoms with Gasteiger partial charge in [0.1, 0.15) is 0 Å². The minimum absolute atomic E-state index is 0.238. The number of rotatable bonds is 3. The van der Waals surface area contributed by atoms with Crippen LogP contribution in [0.15, 0.2) is 45.7 Å². The maximum Gasteiger partial charge on any atom is 0.173 e. The summed E-state index contributed by atoms with van der Waals surface area (Å²) in [6.07, 6.45) is 2.57. The summed E-state index contributed by atoms with van der Waals surface area (Å²) >= 11 is 12.9. The second-order valence-corrected chi connectivity index (χ2v) is 5.71. The fourth-order valence-corrected chi connectivity index (χ4v) is 3.15. The van der Waals surface area contributed by atoms with Gasteiger partial charge in [0.25, 0.3) is 0 Å². The minimum atomic E-state index is 0.238. The average Bonchev–Trinajstić information content (AvgIpc) is 2.68. The molecule has 1 aromatic carbocycles. The molecule has 2 aromatic rings. The zero-order valence-electron chi connectivity index (χ0n) is 8.29. The SMILES string of the molecule is Clc1ccc(CC(Br)c2ccoc2Br)cc1. The lowest BCUT2D eigenvalue weighted by atomic mass is 10.1. The molecular weight excluding hydrogens is 355 g/mol. The largest absolute Gasteiger partial charge is 0.457 e. The number of furan rings is 1. The van der Waals surface area contributed by atoms with Crippen LogP contribution in [0.2, 0.25) is 5.02 Å². The molecule has 4 heteroatoms. The van der Waals surface area contributed by atoms with Gasteiger partial charge in [-0.15, -0.1) is 0 Å². The van der Waals surface area contributed by atoms with E-state index >= 15 is 0 Å². The number of alkyl halides is 1. The molecule has 0 spiro atoms. The van der Waals surface area contributed by atoms with Gasteiger partial charge in [0.05, 0.1) is 6.26 Å². The van der Waals surface area contributed by atoms with Gasteiger partial charge in [0.2, 0.25) is 0 Å². The molecule has 0 N–H and O–H groups in total. The fraction of sp³-hybridized carbons (Fsp3) is 0.167. The molecule has 1 atom stereocenters. The van der Waals surface area contributed by atoms with Crippen molar-refractivity contribution >= 4 is 43.5 Å². The van der Waals surface area contributed by atoms with E-state index in [1.807, 2.05) is 30.3 Å². The molecule has 0 aliphatic heterocycles. The van der Waals surface area contributed by atoms with E-state index in [0.717, 1.165) is 21.7 Å². The predicted octanol–water partition coefficient (Wildman–Crippen LogP) is 5.37. The van der Waals surface area contributed by atoms with Gasteiger partial charge in [-0.2, -0.15) is 0 Å². The molecule has 0 aliphatic carbocycles. The molecule has 1 heterocycles.